The SMILES string of the molecule is CCCCCCCc1cc2sc(C(C)C3CCC(CC)CC3)cc2s1. The van der Waals surface area contributed by atoms with Gasteiger partial charge in [-0.15, -0.1) is 22.7 Å². The van der Waals surface area contributed by atoms with E-state index in [1.165, 1.54) is 70.6 Å². The molecule has 3 rings (SSSR count). The lowest BCUT2D eigenvalue weighted by Gasteiger charge is -2.31. The summed E-state index contributed by atoms with van der Waals surface area (Å²) in [7, 11) is 0. The highest BCUT2D eigenvalue weighted by molar-refractivity contribution is 7.27. The van der Waals surface area contributed by atoms with E-state index in [4.69, 9.17) is 0 Å². The van der Waals surface area contributed by atoms with Crippen molar-refractivity contribution in [1.82, 2.24) is 0 Å². The maximum Gasteiger partial charge on any atom is 0.0456 e. The Hall–Kier alpha value is -0.340. The second-order valence-electron chi connectivity index (χ2n) is 8.23. The summed E-state index contributed by atoms with van der Waals surface area (Å²) in [6.45, 7) is 7.14. The molecule has 0 amide bonds. The van der Waals surface area contributed by atoms with Gasteiger partial charge in [0.15, 0.2) is 0 Å². The van der Waals surface area contributed by atoms with Crippen LogP contribution >= 0.6 is 22.7 Å². The molecule has 0 spiro atoms. The zero-order valence-electron chi connectivity index (χ0n) is 16.5. The van der Waals surface area contributed by atoms with Crippen molar-refractivity contribution < 1.29 is 0 Å². The van der Waals surface area contributed by atoms with E-state index in [0.29, 0.717) is 0 Å². The van der Waals surface area contributed by atoms with Crippen molar-refractivity contribution in [3.63, 3.8) is 0 Å². The lowest BCUT2D eigenvalue weighted by molar-refractivity contribution is 0.246. The van der Waals surface area contributed by atoms with Gasteiger partial charge in [0.25, 0.3) is 0 Å². The van der Waals surface area contributed by atoms with Gasteiger partial charge in [0.2, 0.25) is 0 Å². The number of aryl methyl sites for hydroxylation is 1. The van der Waals surface area contributed by atoms with Crippen LogP contribution in [0, 0.1) is 11.8 Å². The number of rotatable bonds is 9. The summed E-state index contributed by atoms with van der Waals surface area (Å²) in [5.74, 6) is 2.70. The highest BCUT2D eigenvalue weighted by Gasteiger charge is 2.26. The maximum atomic E-state index is 2.53. The Bertz CT molecular complexity index is 596. The minimum atomic E-state index is 0.764. The van der Waals surface area contributed by atoms with Gasteiger partial charge in [-0.1, -0.05) is 65.7 Å². The van der Waals surface area contributed by atoms with Crippen molar-refractivity contribution in [3.8, 4) is 0 Å². The molecule has 1 aliphatic carbocycles. The summed E-state index contributed by atoms with van der Waals surface area (Å²) >= 11 is 4.14. The van der Waals surface area contributed by atoms with Crippen LogP contribution in [0.3, 0.4) is 0 Å². The minimum absolute atomic E-state index is 0.764. The Balaban J connectivity index is 1.54. The van der Waals surface area contributed by atoms with E-state index in [0.717, 1.165) is 17.8 Å². The molecule has 2 heterocycles. The van der Waals surface area contributed by atoms with Crippen LogP contribution in [0.1, 0.15) is 101 Å². The summed E-state index contributed by atoms with van der Waals surface area (Å²) in [4.78, 5) is 3.26. The Labute approximate surface area is 163 Å². The molecule has 0 radical (unpaired) electrons. The Morgan fingerprint density at radius 3 is 2.32 bits per heavy atom. The summed E-state index contributed by atoms with van der Waals surface area (Å²) in [6, 6.07) is 5.02. The molecule has 0 bridgehead atoms. The van der Waals surface area contributed by atoms with Crippen molar-refractivity contribution in [1.29, 1.82) is 0 Å². The zero-order chi connectivity index (χ0) is 17.6. The predicted molar refractivity (Wildman–Crippen MR) is 116 cm³/mol. The number of hydrogen-bond donors (Lipinski definition) is 0. The van der Waals surface area contributed by atoms with E-state index in [1.807, 2.05) is 0 Å². The molecule has 0 N–H and O–H groups in total. The highest BCUT2D eigenvalue weighted by Crippen LogP contribution is 2.43. The molecule has 2 aromatic rings. The fourth-order valence-electron chi connectivity index (χ4n) is 4.48. The molecular weight excluding hydrogens is 340 g/mol. The van der Waals surface area contributed by atoms with Crippen LogP contribution in [-0.2, 0) is 6.42 Å². The third kappa shape index (κ3) is 5.10. The summed E-state index contributed by atoms with van der Waals surface area (Å²) < 4.78 is 3.11. The van der Waals surface area contributed by atoms with Gasteiger partial charge in [-0.3, -0.25) is 0 Å². The van der Waals surface area contributed by atoms with Crippen LogP contribution in [0.5, 0.6) is 0 Å². The molecule has 1 saturated carbocycles. The van der Waals surface area contributed by atoms with Crippen molar-refractivity contribution in [2.24, 2.45) is 11.8 Å². The molecule has 0 aromatic carbocycles. The molecule has 1 unspecified atom stereocenters. The van der Waals surface area contributed by atoms with E-state index < -0.39 is 0 Å². The molecule has 2 aromatic heterocycles. The molecule has 1 fully saturated rings. The van der Waals surface area contributed by atoms with Gasteiger partial charge >= 0.3 is 0 Å². The van der Waals surface area contributed by atoms with Crippen molar-refractivity contribution in [2.75, 3.05) is 0 Å². The molecule has 1 atom stereocenters. The van der Waals surface area contributed by atoms with E-state index in [-0.39, 0.29) is 0 Å². The van der Waals surface area contributed by atoms with Crippen LogP contribution in [0.4, 0.5) is 0 Å². The van der Waals surface area contributed by atoms with Gasteiger partial charge in [-0.05, 0) is 55.6 Å². The monoisotopic (exact) mass is 376 g/mol. The van der Waals surface area contributed by atoms with Gasteiger partial charge in [0.1, 0.15) is 0 Å². The second kappa shape index (κ2) is 9.55. The first kappa shape index (κ1) is 19.4. The molecular formula is C23H36S2. The summed E-state index contributed by atoms with van der Waals surface area (Å²) in [5, 5.41) is 0. The first-order valence-electron chi connectivity index (χ1n) is 10.7. The molecule has 25 heavy (non-hydrogen) atoms. The van der Waals surface area contributed by atoms with Gasteiger partial charge in [0, 0.05) is 19.2 Å². The van der Waals surface area contributed by atoms with Gasteiger partial charge in [-0.25, -0.2) is 0 Å². The van der Waals surface area contributed by atoms with Gasteiger partial charge in [-0.2, -0.15) is 0 Å². The van der Waals surface area contributed by atoms with Crippen molar-refractivity contribution in [2.45, 2.75) is 97.3 Å². The number of thiophene rings is 2. The lowest BCUT2D eigenvalue weighted by atomic mass is 9.75. The van der Waals surface area contributed by atoms with Crippen molar-refractivity contribution in [3.05, 3.63) is 21.9 Å². The fraction of sp³-hybridized carbons (Fsp3) is 0.739. The van der Waals surface area contributed by atoms with Gasteiger partial charge in [0.05, 0.1) is 0 Å². The van der Waals surface area contributed by atoms with Crippen LogP contribution in [0.15, 0.2) is 12.1 Å². The zero-order valence-corrected chi connectivity index (χ0v) is 18.1. The van der Waals surface area contributed by atoms with E-state index in [9.17, 15) is 0 Å². The average molecular weight is 377 g/mol. The van der Waals surface area contributed by atoms with Crippen molar-refractivity contribution >= 4 is 32.1 Å². The maximum absolute atomic E-state index is 2.53. The Kier molecular flexibility index (Phi) is 7.42. The lowest BCUT2D eigenvalue weighted by Crippen LogP contribution is -2.18. The largest absolute Gasteiger partial charge is 0.139 e. The van der Waals surface area contributed by atoms with Gasteiger partial charge < -0.3 is 0 Å². The van der Waals surface area contributed by atoms with Crippen LogP contribution in [0.25, 0.3) is 9.40 Å². The van der Waals surface area contributed by atoms with Crippen LogP contribution in [-0.4, -0.2) is 0 Å². The molecule has 0 saturated heterocycles. The standard InChI is InChI=1S/C23H36S2/c1-4-6-7-8-9-10-20-15-22-23(24-20)16-21(25-22)17(3)19-13-11-18(5-2)12-14-19/h15-19H,4-14H2,1-3H3. The summed E-state index contributed by atoms with van der Waals surface area (Å²) in [5.41, 5.74) is 0. The van der Waals surface area contributed by atoms with E-state index in [2.05, 4.69) is 55.6 Å². The van der Waals surface area contributed by atoms with E-state index >= 15 is 0 Å². The number of fused-ring (bicyclic) bond motifs is 1. The normalized spacial score (nSPS) is 22.5. The Morgan fingerprint density at radius 1 is 0.920 bits per heavy atom. The molecule has 0 nitrogen and oxygen atoms in total. The minimum Gasteiger partial charge on any atom is -0.139 e. The van der Waals surface area contributed by atoms with Crippen LogP contribution < -0.4 is 0 Å². The molecule has 140 valence electrons. The summed E-state index contributed by atoms with van der Waals surface area (Å²) in [6.07, 6.45) is 15.5. The molecule has 0 aliphatic heterocycles. The third-order valence-electron chi connectivity index (χ3n) is 6.43. The smallest absolute Gasteiger partial charge is 0.0456 e. The topological polar surface area (TPSA) is 0 Å². The fourth-order valence-corrected chi connectivity index (χ4v) is 7.10. The molecule has 2 heteroatoms. The number of unbranched alkanes of at least 4 members (excludes halogenated alkanes) is 4. The third-order valence-corrected chi connectivity index (χ3v) is 8.98. The quantitative estimate of drug-likeness (QED) is 0.383. The average Bonchev–Trinajstić information content (AvgIpc) is 3.19. The predicted octanol–water partition coefficient (Wildman–Crippen LogP) is 8.80. The first-order valence-corrected chi connectivity index (χ1v) is 12.4. The second-order valence-corrected chi connectivity index (χ2v) is 10.5. The first-order chi connectivity index (χ1) is 12.2. The number of hydrogen-bond acceptors (Lipinski definition) is 2. The molecule has 1 aliphatic rings. The Morgan fingerprint density at radius 2 is 1.64 bits per heavy atom. The highest BCUT2D eigenvalue weighted by atomic mass is 32.1. The van der Waals surface area contributed by atoms with Crippen LogP contribution in [0.2, 0.25) is 0 Å². The van der Waals surface area contributed by atoms with E-state index in [1.54, 1.807) is 19.2 Å².